The fourth-order valence-corrected chi connectivity index (χ4v) is 5.03. The molecule has 1 aliphatic heterocycles. The zero-order valence-corrected chi connectivity index (χ0v) is 20.8. The van der Waals surface area contributed by atoms with Gasteiger partial charge in [0.1, 0.15) is 11.9 Å². The minimum absolute atomic E-state index is 0.0285. The number of alkyl halides is 1. The molecule has 1 saturated heterocycles. The van der Waals surface area contributed by atoms with Crippen molar-refractivity contribution in [3.63, 3.8) is 0 Å². The molecule has 3 heterocycles. The molecular weight excluding hydrogens is 508 g/mol. The third-order valence-electron chi connectivity index (χ3n) is 5.92. The number of anilines is 2. The number of rotatable bonds is 6. The van der Waals surface area contributed by atoms with Gasteiger partial charge in [-0.25, -0.2) is 28.1 Å². The van der Waals surface area contributed by atoms with Crippen LogP contribution >= 0.6 is 11.9 Å². The number of nitrogen functional groups attached to an aromatic ring is 1. The molecule has 1 aromatic carbocycles. The van der Waals surface area contributed by atoms with E-state index < -0.39 is 35.1 Å². The second-order valence-corrected chi connectivity index (χ2v) is 9.79. The first-order valence-electron chi connectivity index (χ1n) is 12.1. The normalized spacial score (nSPS) is 17.7. The third kappa shape index (κ3) is 7.22. The Kier molecular flexibility index (Phi) is 9.40. The number of pyridine rings is 1. The highest BCUT2D eigenvalue weighted by atomic mass is 32.2. The maximum Gasteiger partial charge on any atom is 0.228 e. The van der Waals surface area contributed by atoms with Crippen molar-refractivity contribution in [2.24, 2.45) is 0 Å². The highest BCUT2D eigenvalue weighted by Gasteiger charge is 2.24. The molecule has 0 spiro atoms. The Labute approximate surface area is 216 Å². The molecule has 1 aliphatic carbocycles. The van der Waals surface area contributed by atoms with E-state index in [1.165, 1.54) is 24.3 Å². The first-order chi connectivity index (χ1) is 17.9. The van der Waals surface area contributed by atoms with Crippen molar-refractivity contribution in [1.29, 1.82) is 0 Å². The number of hydrogen-bond acceptors (Lipinski definition) is 8. The number of hydrogen-bond donors (Lipinski definition) is 3. The number of nitrogens with zero attached hydrogens (tertiary/aromatic N) is 3. The zero-order chi connectivity index (χ0) is 26.2. The van der Waals surface area contributed by atoms with E-state index in [1.807, 2.05) is 0 Å². The van der Waals surface area contributed by atoms with Gasteiger partial charge in [-0.05, 0) is 62.4 Å². The average molecular weight is 537 g/mol. The lowest BCUT2D eigenvalue weighted by Crippen LogP contribution is -2.30. The van der Waals surface area contributed by atoms with E-state index in [4.69, 9.17) is 10.5 Å². The molecule has 12 heteroatoms. The highest BCUT2D eigenvalue weighted by Crippen LogP contribution is 2.37. The molecule has 37 heavy (non-hydrogen) atoms. The Hall–Kier alpha value is -3.12. The topological polar surface area (TPSA) is 98.0 Å². The molecule has 7 nitrogen and oxygen atoms in total. The van der Waals surface area contributed by atoms with Crippen molar-refractivity contribution in [3.05, 3.63) is 54.1 Å². The van der Waals surface area contributed by atoms with E-state index in [2.05, 4.69) is 25.0 Å². The van der Waals surface area contributed by atoms with Gasteiger partial charge in [-0.2, -0.15) is 4.39 Å². The van der Waals surface area contributed by atoms with Gasteiger partial charge in [0.2, 0.25) is 17.6 Å². The highest BCUT2D eigenvalue weighted by molar-refractivity contribution is 8.01. The summed E-state index contributed by atoms with van der Waals surface area (Å²) in [5, 5.41) is 3.21. The lowest BCUT2D eigenvalue weighted by molar-refractivity contribution is 0.266. The van der Waals surface area contributed by atoms with Crippen LogP contribution in [0.5, 0.6) is 11.6 Å². The van der Waals surface area contributed by atoms with E-state index in [1.54, 1.807) is 18.2 Å². The first-order valence-corrected chi connectivity index (χ1v) is 13.0. The van der Waals surface area contributed by atoms with Crippen LogP contribution in [0.15, 0.2) is 36.7 Å². The first kappa shape index (κ1) is 26.9. The Balaban J connectivity index is 0.000000396. The molecule has 1 atom stereocenters. The molecule has 1 saturated carbocycles. The molecule has 1 unspecified atom stereocenters. The number of nitrogens with one attached hydrogen (secondary N) is 2. The zero-order valence-electron chi connectivity index (χ0n) is 20.0. The Morgan fingerprint density at radius 2 is 1.84 bits per heavy atom. The van der Waals surface area contributed by atoms with Crippen molar-refractivity contribution < 1.29 is 22.3 Å². The standard InChI is InChI=1S/C20H18F3N5OS.C5H10FN/c21-13-10-15(16(22)17(23)18(13)28-30-11-4-1-2-5-11)29-19-12(6-3-8-25-19)14-7-9-26-20(24)27-14;6-5-2-1-3-7-4-5/h3,6-11,28H,1-2,4-5H2,(H2,24,26,27);5,7H,1-4H2. The summed E-state index contributed by atoms with van der Waals surface area (Å²) >= 11 is 1.21. The summed E-state index contributed by atoms with van der Waals surface area (Å²) in [6.07, 6.45) is 8.11. The lowest BCUT2D eigenvalue weighted by Gasteiger charge is -2.15. The smallest absolute Gasteiger partial charge is 0.228 e. The number of piperidine rings is 1. The van der Waals surface area contributed by atoms with Crippen LogP contribution in [0.2, 0.25) is 0 Å². The Morgan fingerprint density at radius 1 is 1.03 bits per heavy atom. The van der Waals surface area contributed by atoms with E-state index in [9.17, 15) is 17.6 Å². The van der Waals surface area contributed by atoms with E-state index in [-0.39, 0.29) is 17.1 Å². The van der Waals surface area contributed by atoms with Gasteiger partial charge in [-0.3, -0.25) is 0 Å². The summed E-state index contributed by atoms with van der Waals surface area (Å²) in [5.41, 5.74) is 5.81. The monoisotopic (exact) mass is 536 g/mol. The summed E-state index contributed by atoms with van der Waals surface area (Å²) < 4.78 is 63.9. The van der Waals surface area contributed by atoms with E-state index in [0.717, 1.165) is 51.1 Å². The fraction of sp³-hybridized carbons (Fsp3) is 0.400. The Morgan fingerprint density at radius 3 is 2.51 bits per heavy atom. The van der Waals surface area contributed by atoms with Crippen LogP contribution in [0.4, 0.5) is 29.2 Å². The minimum Gasteiger partial charge on any atom is -0.435 e. The van der Waals surface area contributed by atoms with Gasteiger partial charge in [0, 0.05) is 30.3 Å². The van der Waals surface area contributed by atoms with Gasteiger partial charge in [0.05, 0.1) is 11.3 Å². The quantitative estimate of drug-likeness (QED) is 0.199. The van der Waals surface area contributed by atoms with Gasteiger partial charge >= 0.3 is 0 Å². The van der Waals surface area contributed by atoms with Crippen LogP contribution in [-0.4, -0.2) is 39.5 Å². The summed E-state index contributed by atoms with van der Waals surface area (Å²) in [6.45, 7) is 1.57. The van der Waals surface area contributed by atoms with Gasteiger partial charge in [0.15, 0.2) is 17.4 Å². The molecular formula is C25H28F4N6OS. The second-order valence-electron chi connectivity index (χ2n) is 8.69. The fourth-order valence-electron chi connectivity index (χ4n) is 3.99. The van der Waals surface area contributed by atoms with E-state index >= 15 is 0 Å². The van der Waals surface area contributed by atoms with Crippen molar-refractivity contribution in [3.8, 4) is 22.9 Å². The van der Waals surface area contributed by atoms with Crippen molar-refractivity contribution in [2.75, 3.05) is 23.5 Å². The molecule has 4 N–H and O–H groups in total. The summed E-state index contributed by atoms with van der Waals surface area (Å²) in [5.74, 6) is -4.29. The maximum absolute atomic E-state index is 14.6. The molecule has 5 rings (SSSR count). The van der Waals surface area contributed by atoms with Crippen LogP contribution in [0.3, 0.4) is 0 Å². The van der Waals surface area contributed by atoms with Gasteiger partial charge in [-0.15, -0.1) is 0 Å². The summed E-state index contributed by atoms with van der Waals surface area (Å²) in [6, 6.07) is 5.59. The third-order valence-corrected chi connectivity index (χ3v) is 7.05. The number of halogens is 4. The molecule has 0 amide bonds. The van der Waals surface area contributed by atoms with Crippen LogP contribution in [0.25, 0.3) is 11.3 Å². The van der Waals surface area contributed by atoms with Gasteiger partial charge < -0.3 is 20.5 Å². The predicted molar refractivity (Wildman–Crippen MR) is 137 cm³/mol. The van der Waals surface area contributed by atoms with E-state index in [0.29, 0.717) is 17.8 Å². The second kappa shape index (κ2) is 12.9. The molecule has 3 aromatic rings. The number of ether oxygens (including phenoxy) is 1. The van der Waals surface area contributed by atoms with Gasteiger partial charge in [-0.1, -0.05) is 12.8 Å². The minimum atomic E-state index is -1.35. The lowest BCUT2D eigenvalue weighted by atomic mass is 10.1. The van der Waals surface area contributed by atoms with Crippen LogP contribution in [0, 0.1) is 17.5 Å². The molecule has 2 aliphatic rings. The summed E-state index contributed by atoms with van der Waals surface area (Å²) in [7, 11) is 0. The molecule has 2 fully saturated rings. The molecule has 198 valence electrons. The largest absolute Gasteiger partial charge is 0.435 e. The van der Waals surface area contributed by atoms with Crippen LogP contribution < -0.4 is 20.5 Å². The molecule has 0 radical (unpaired) electrons. The number of benzene rings is 1. The Bertz CT molecular complexity index is 1190. The van der Waals surface area contributed by atoms with Crippen molar-refractivity contribution in [2.45, 2.75) is 49.9 Å². The van der Waals surface area contributed by atoms with Crippen molar-refractivity contribution in [1.82, 2.24) is 20.3 Å². The molecule has 0 bridgehead atoms. The number of nitrogens with two attached hydrogens (primary N) is 1. The predicted octanol–water partition coefficient (Wildman–Crippen LogP) is 6.04. The van der Waals surface area contributed by atoms with Crippen molar-refractivity contribution >= 4 is 23.6 Å². The molecule has 2 aromatic heterocycles. The summed E-state index contributed by atoms with van der Waals surface area (Å²) in [4.78, 5) is 11.9. The van der Waals surface area contributed by atoms with Crippen LogP contribution in [0.1, 0.15) is 38.5 Å². The number of aromatic nitrogens is 3. The average Bonchev–Trinajstić information content (AvgIpc) is 3.42. The van der Waals surface area contributed by atoms with Gasteiger partial charge in [0.25, 0.3) is 0 Å². The SMILES string of the molecule is FC1CCCNC1.Nc1nccc(-c2cccnc2Oc2cc(F)c(NSC3CCCC3)c(F)c2F)n1. The van der Waals surface area contributed by atoms with Crippen LogP contribution in [-0.2, 0) is 0 Å². The maximum atomic E-state index is 14.6.